The number of aliphatic hydroxyl groups is 1. The maximum atomic E-state index is 9.08. The van der Waals surface area contributed by atoms with Gasteiger partial charge in [-0.25, -0.2) is 4.98 Å². The predicted molar refractivity (Wildman–Crippen MR) is 71.7 cm³/mol. The fraction of sp³-hybridized carbons (Fsp3) is 0.250. The van der Waals surface area contributed by atoms with Crippen molar-refractivity contribution in [2.45, 2.75) is 17.5 Å². The van der Waals surface area contributed by atoms with Crippen LogP contribution in [0.2, 0.25) is 0 Å². The highest BCUT2D eigenvalue weighted by molar-refractivity contribution is 7.98. The van der Waals surface area contributed by atoms with Crippen LogP contribution >= 0.6 is 11.8 Å². The molecule has 0 saturated carbocycles. The number of hydrogen-bond donors (Lipinski definition) is 1. The normalized spacial score (nSPS) is 11.3. The molecule has 0 aliphatic carbocycles. The monoisotopic (exact) mass is 275 g/mol. The predicted octanol–water partition coefficient (Wildman–Crippen LogP) is 1.25. The molecule has 0 aliphatic rings. The summed E-state index contributed by atoms with van der Waals surface area (Å²) in [6.07, 6.45) is 3.86. The first-order valence-electron chi connectivity index (χ1n) is 5.82. The van der Waals surface area contributed by atoms with Gasteiger partial charge in [0, 0.05) is 19.0 Å². The van der Waals surface area contributed by atoms with Crippen LogP contribution in [0.1, 0.15) is 11.5 Å². The van der Waals surface area contributed by atoms with Crippen LogP contribution in [0, 0.1) is 0 Å². The molecule has 0 amide bonds. The minimum atomic E-state index is -0.0975. The first-order chi connectivity index (χ1) is 9.29. The van der Waals surface area contributed by atoms with Gasteiger partial charge in [0.15, 0.2) is 11.0 Å². The van der Waals surface area contributed by atoms with Crippen molar-refractivity contribution >= 4 is 17.4 Å². The minimum Gasteiger partial charge on any atom is -0.388 e. The molecular formula is C12H13N5OS. The molecule has 19 heavy (non-hydrogen) atoms. The van der Waals surface area contributed by atoms with Crippen LogP contribution in [0.25, 0.3) is 5.65 Å². The van der Waals surface area contributed by atoms with Crippen molar-refractivity contribution in [2.24, 2.45) is 7.05 Å². The van der Waals surface area contributed by atoms with Crippen LogP contribution in [-0.2, 0) is 19.4 Å². The Labute approximate surface area is 114 Å². The second-order valence-corrected chi connectivity index (χ2v) is 5.03. The fourth-order valence-electron chi connectivity index (χ4n) is 1.84. The number of aromatic nitrogens is 5. The molecule has 3 aromatic heterocycles. The lowest BCUT2D eigenvalue weighted by Crippen LogP contribution is -1.99. The van der Waals surface area contributed by atoms with Crippen molar-refractivity contribution in [2.75, 3.05) is 0 Å². The molecule has 7 heteroatoms. The van der Waals surface area contributed by atoms with Crippen molar-refractivity contribution in [3.05, 3.63) is 42.1 Å². The molecule has 0 radical (unpaired) electrons. The molecule has 0 aliphatic heterocycles. The fourth-order valence-corrected chi connectivity index (χ4v) is 2.73. The quantitative estimate of drug-likeness (QED) is 0.726. The first kappa shape index (κ1) is 12.2. The second kappa shape index (κ2) is 5.02. The van der Waals surface area contributed by atoms with Crippen molar-refractivity contribution in [1.82, 2.24) is 24.1 Å². The standard InChI is InChI=1S/C12H13N5OS/c1-16-11(7-18)14-15-12(16)19-8-9-6-13-10-4-2-3-5-17(9)10/h2-6,18H,7-8H2,1H3. The Morgan fingerprint density at radius 2 is 2.21 bits per heavy atom. The van der Waals surface area contributed by atoms with E-state index in [-0.39, 0.29) is 6.61 Å². The highest BCUT2D eigenvalue weighted by Gasteiger charge is 2.10. The van der Waals surface area contributed by atoms with Gasteiger partial charge >= 0.3 is 0 Å². The zero-order valence-electron chi connectivity index (χ0n) is 10.4. The molecule has 0 saturated heterocycles. The van der Waals surface area contributed by atoms with E-state index in [1.165, 1.54) is 0 Å². The van der Waals surface area contributed by atoms with Gasteiger partial charge in [0.25, 0.3) is 0 Å². The summed E-state index contributed by atoms with van der Waals surface area (Å²) in [6, 6.07) is 5.92. The summed E-state index contributed by atoms with van der Waals surface area (Å²) < 4.78 is 3.85. The molecule has 98 valence electrons. The number of nitrogens with zero attached hydrogens (tertiary/aromatic N) is 5. The molecule has 0 spiro atoms. The van der Waals surface area contributed by atoms with E-state index in [9.17, 15) is 0 Å². The third-order valence-corrected chi connectivity index (χ3v) is 3.96. The molecular weight excluding hydrogens is 262 g/mol. The van der Waals surface area contributed by atoms with E-state index in [4.69, 9.17) is 5.11 Å². The summed E-state index contributed by atoms with van der Waals surface area (Å²) in [5.74, 6) is 1.32. The number of aliphatic hydroxyl groups excluding tert-OH is 1. The van der Waals surface area contributed by atoms with E-state index in [2.05, 4.69) is 19.6 Å². The number of thioether (sulfide) groups is 1. The van der Waals surface area contributed by atoms with E-state index in [0.29, 0.717) is 5.82 Å². The minimum absolute atomic E-state index is 0.0975. The van der Waals surface area contributed by atoms with Crippen LogP contribution in [-0.4, -0.2) is 29.3 Å². The molecule has 6 nitrogen and oxygen atoms in total. The molecule has 0 fully saturated rings. The number of imidazole rings is 1. The zero-order chi connectivity index (χ0) is 13.2. The van der Waals surface area contributed by atoms with Crippen LogP contribution in [0.5, 0.6) is 0 Å². The van der Waals surface area contributed by atoms with Gasteiger partial charge < -0.3 is 14.1 Å². The highest BCUT2D eigenvalue weighted by Crippen LogP contribution is 2.21. The van der Waals surface area contributed by atoms with Gasteiger partial charge in [-0.3, -0.25) is 0 Å². The van der Waals surface area contributed by atoms with Gasteiger partial charge in [0.2, 0.25) is 0 Å². The average molecular weight is 275 g/mol. The maximum absolute atomic E-state index is 9.08. The molecule has 0 unspecified atom stereocenters. The van der Waals surface area contributed by atoms with E-state index in [0.717, 1.165) is 22.3 Å². The summed E-state index contributed by atoms with van der Waals surface area (Å²) in [6.45, 7) is -0.0975. The van der Waals surface area contributed by atoms with Crippen LogP contribution in [0.15, 0.2) is 35.7 Å². The zero-order valence-corrected chi connectivity index (χ0v) is 11.2. The Morgan fingerprint density at radius 3 is 3.00 bits per heavy atom. The van der Waals surface area contributed by atoms with Gasteiger partial charge in [0.05, 0.1) is 11.9 Å². The number of rotatable bonds is 4. The Morgan fingerprint density at radius 1 is 1.32 bits per heavy atom. The molecule has 0 aromatic carbocycles. The first-order valence-corrected chi connectivity index (χ1v) is 6.81. The van der Waals surface area contributed by atoms with Gasteiger partial charge in [-0.2, -0.15) is 0 Å². The van der Waals surface area contributed by atoms with Crippen LogP contribution < -0.4 is 0 Å². The van der Waals surface area contributed by atoms with Crippen LogP contribution in [0.3, 0.4) is 0 Å². The Balaban J connectivity index is 1.80. The van der Waals surface area contributed by atoms with Crippen molar-refractivity contribution in [3.63, 3.8) is 0 Å². The molecule has 3 aromatic rings. The van der Waals surface area contributed by atoms with Crippen LogP contribution in [0.4, 0.5) is 0 Å². The van der Waals surface area contributed by atoms with Crippen molar-refractivity contribution in [1.29, 1.82) is 0 Å². The molecule has 1 N–H and O–H groups in total. The van der Waals surface area contributed by atoms with E-state index in [1.54, 1.807) is 16.3 Å². The summed E-state index contributed by atoms with van der Waals surface area (Å²) in [5.41, 5.74) is 2.04. The summed E-state index contributed by atoms with van der Waals surface area (Å²) in [5, 5.41) is 17.8. The third kappa shape index (κ3) is 2.22. The van der Waals surface area contributed by atoms with Crippen molar-refractivity contribution in [3.8, 4) is 0 Å². The molecule has 0 bridgehead atoms. The summed E-state index contributed by atoms with van der Waals surface area (Å²) >= 11 is 1.57. The number of pyridine rings is 1. The smallest absolute Gasteiger partial charge is 0.191 e. The lowest BCUT2D eigenvalue weighted by Gasteiger charge is -2.02. The summed E-state index contributed by atoms with van der Waals surface area (Å²) in [4.78, 5) is 4.34. The summed E-state index contributed by atoms with van der Waals surface area (Å²) in [7, 11) is 1.85. The molecule has 3 heterocycles. The molecule has 3 rings (SSSR count). The van der Waals surface area contributed by atoms with Gasteiger partial charge in [-0.15, -0.1) is 10.2 Å². The lowest BCUT2D eigenvalue weighted by molar-refractivity contribution is 0.266. The van der Waals surface area contributed by atoms with Gasteiger partial charge in [0.1, 0.15) is 12.3 Å². The third-order valence-electron chi connectivity index (χ3n) is 2.91. The van der Waals surface area contributed by atoms with Gasteiger partial charge in [-0.05, 0) is 12.1 Å². The lowest BCUT2D eigenvalue weighted by atomic mass is 10.4. The van der Waals surface area contributed by atoms with E-state index in [1.807, 2.05) is 37.6 Å². The Kier molecular flexibility index (Phi) is 3.22. The number of hydrogen-bond acceptors (Lipinski definition) is 5. The van der Waals surface area contributed by atoms with E-state index >= 15 is 0 Å². The number of fused-ring (bicyclic) bond motifs is 1. The topological polar surface area (TPSA) is 68.2 Å². The second-order valence-electron chi connectivity index (χ2n) is 4.08. The van der Waals surface area contributed by atoms with Crippen molar-refractivity contribution < 1.29 is 5.11 Å². The van der Waals surface area contributed by atoms with Gasteiger partial charge in [-0.1, -0.05) is 17.8 Å². The largest absolute Gasteiger partial charge is 0.388 e. The van der Waals surface area contributed by atoms with E-state index < -0.39 is 0 Å². The Bertz CT molecular complexity index is 705. The highest BCUT2D eigenvalue weighted by atomic mass is 32.2. The maximum Gasteiger partial charge on any atom is 0.191 e. The SMILES string of the molecule is Cn1c(CO)nnc1SCc1cnc2ccccn12. The molecule has 0 atom stereocenters. The Hall–Kier alpha value is -1.86. The average Bonchev–Trinajstić information content (AvgIpc) is 3.00.